The highest BCUT2D eigenvalue weighted by Gasteiger charge is 2.19. The number of thioether (sulfide) groups is 1. The third-order valence-corrected chi connectivity index (χ3v) is 6.40. The summed E-state index contributed by atoms with van der Waals surface area (Å²) in [6.45, 7) is 1.92. The van der Waals surface area contributed by atoms with E-state index in [9.17, 15) is 19.7 Å². The van der Waals surface area contributed by atoms with Crippen LogP contribution in [0.15, 0.2) is 82.7 Å². The van der Waals surface area contributed by atoms with Crippen molar-refractivity contribution < 1.29 is 14.5 Å². The second-order valence-electron chi connectivity index (χ2n) is 7.65. The van der Waals surface area contributed by atoms with Gasteiger partial charge < -0.3 is 10.1 Å². The van der Waals surface area contributed by atoms with Crippen molar-refractivity contribution in [3.8, 4) is 5.75 Å². The molecule has 10 heteroatoms. The van der Waals surface area contributed by atoms with Gasteiger partial charge in [-0.2, -0.15) is 0 Å². The summed E-state index contributed by atoms with van der Waals surface area (Å²) >= 11 is 1.14. The van der Waals surface area contributed by atoms with Crippen LogP contribution in [0, 0.1) is 10.1 Å². The van der Waals surface area contributed by atoms with Crippen molar-refractivity contribution >= 4 is 39.9 Å². The molecule has 0 spiro atoms. The van der Waals surface area contributed by atoms with Crippen molar-refractivity contribution in [2.45, 2.75) is 18.1 Å². The summed E-state index contributed by atoms with van der Waals surface area (Å²) < 4.78 is 6.78. The van der Waals surface area contributed by atoms with E-state index in [1.807, 2.05) is 43.3 Å². The average Bonchev–Trinajstić information content (AvgIpc) is 2.88. The number of nitrogens with one attached hydrogen (secondary N) is 1. The number of hydrogen-bond donors (Lipinski definition) is 1. The van der Waals surface area contributed by atoms with Crippen LogP contribution in [-0.4, -0.2) is 33.2 Å². The van der Waals surface area contributed by atoms with Gasteiger partial charge in [0.2, 0.25) is 5.91 Å². The van der Waals surface area contributed by atoms with Crippen molar-refractivity contribution in [1.29, 1.82) is 0 Å². The molecule has 0 bridgehead atoms. The van der Waals surface area contributed by atoms with Crippen LogP contribution in [0.2, 0.25) is 0 Å². The zero-order valence-electron chi connectivity index (χ0n) is 19.0. The molecule has 9 nitrogen and oxygen atoms in total. The smallest absolute Gasteiger partial charge is 0.273 e. The Bertz CT molecular complexity index is 1460. The Hall–Kier alpha value is -4.18. The number of amides is 1. The summed E-state index contributed by atoms with van der Waals surface area (Å²) in [4.78, 5) is 41.3. The summed E-state index contributed by atoms with van der Waals surface area (Å²) in [5.41, 5.74) is 1.47. The number of rotatable bonds is 8. The molecule has 1 N–H and O–H groups in total. The van der Waals surface area contributed by atoms with Gasteiger partial charge >= 0.3 is 0 Å². The minimum atomic E-state index is -0.539. The lowest BCUT2D eigenvalue weighted by molar-refractivity contribution is -0.384. The molecule has 0 saturated heterocycles. The second-order valence-corrected chi connectivity index (χ2v) is 8.59. The first-order chi connectivity index (χ1) is 16.9. The number of non-ortho nitro benzene ring substituents is 1. The first kappa shape index (κ1) is 24.0. The molecule has 4 aromatic rings. The van der Waals surface area contributed by atoms with Crippen molar-refractivity contribution in [3.05, 3.63) is 98.8 Å². The number of anilines is 1. The van der Waals surface area contributed by atoms with E-state index in [-0.39, 0.29) is 34.7 Å². The number of carbonyl (C=O) groups is 1. The molecule has 0 radical (unpaired) electrons. The quantitative estimate of drug-likeness (QED) is 0.165. The van der Waals surface area contributed by atoms with Gasteiger partial charge in [0.1, 0.15) is 5.75 Å². The molecule has 1 aromatic heterocycles. The van der Waals surface area contributed by atoms with Crippen molar-refractivity contribution in [1.82, 2.24) is 9.55 Å². The molecule has 0 unspecified atom stereocenters. The highest BCUT2D eigenvalue weighted by molar-refractivity contribution is 7.99. The Kier molecular flexibility index (Phi) is 7.11. The van der Waals surface area contributed by atoms with Gasteiger partial charge in [-0.25, -0.2) is 4.98 Å². The predicted molar refractivity (Wildman–Crippen MR) is 135 cm³/mol. The zero-order chi connectivity index (χ0) is 24.9. The van der Waals surface area contributed by atoms with Gasteiger partial charge in [0.25, 0.3) is 11.2 Å². The van der Waals surface area contributed by atoms with Crippen LogP contribution in [0.25, 0.3) is 10.9 Å². The molecule has 0 aliphatic rings. The molecular weight excluding hydrogens is 468 g/mol. The molecule has 0 aliphatic carbocycles. The largest absolute Gasteiger partial charge is 0.494 e. The number of nitro groups is 1. The third kappa shape index (κ3) is 5.17. The minimum Gasteiger partial charge on any atom is -0.494 e. The normalized spacial score (nSPS) is 11.7. The second kappa shape index (κ2) is 10.4. The van der Waals surface area contributed by atoms with Crippen molar-refractivity contribution in [2.75, 3.05) is 18.2 Å². The van der Waals surface area contributed by atoms with E-state index in [2.05, 4.69) is 10.3 Å². The topological polar surface area (TPSA) is 116 Å². The standard InChI is InChI=1S/C25H22N4O5S/c1-16(17-8-4-3-5-9-17)28-24(31)19-10-6-7-11-20(19)27-25(28)35-15-23(30)26-21-13-12-18(29(32)33)14-22(21)34-2/h3-14,16H,15H2,1-2H3,(H,26,30)/t16-/m1/s1. The number of benzene rings is 3. The summed E-state index contributed by atoms with van der Waals surface area (Å²) in [5, 5.41) is 14.6. The Morgan fingerprint density at radius 1 is 1.14 bits per heavy atom. The summed E-state index contributed by atoms with van der Waals surface area (Å²) in [6, 6.07) is 20.3. The number of carbonyl (C=O) groups excluding carboxylic acids is 1. The predicted octanol–water partition coefficient (Wildman–Crippen LogP) is 4.65. The van der Waals surface area contributed by atoms with Gasteiger partial charge in [-0.3, -0.25) is 24.3 Å². The lowest BCUT2D eigenvalue weighted by Crippen LogP contribution is -2.27. The number of ether oxygens (including phenoxy) is 1. The van der Waals surface area contributed by atoms with E-state index in [1.165, 1.54) is 25.3 Å². The first-order valence-electron chi connectivity index (χ1n) is 10.7. The van der Waals surface area contributed by atoms with Crippen LogP contribution >= 0.6 is 11.8 Å². The van der Waals surface area contributed by atoms with E-state index in [4.69, 9.17) is 4.74 Å². The monoisotopic (exact) mass is 490 g/mol. The SMILES string of the molecule is COc1cc([N+](=O)[O-])ccc1NC(=O)CSc1nc2ccccc2c(=O)n1[C@H](C)c1ccccc1. The highest BCUT2D eigenvalue weighted by atomic mass is 32.2. The van der Waals surface area contributed by atoms with Crippen LogP contribution < -0.4 is 15.6 Å². The summed E-state index contributed by atoms with van der Waals surface area (Å²) in [5.74, 6) is -0.230. The van der Waals surface area contributed by atoms with Crippen LogP contribution in [0.5, 0.6) is 5.75 Å². The zero-order valence-corrected chi connectivity index (χ0v) is 19.8. The minimum absolute atomic E-state index is 0.0353. The lowest BCUT2D eigenvalue weighted by Gasteiger charge is -2.20. The maximum Gasteiger partial charge on any atom is 0.273 e. The molecule has 0 aliphatic heterocycles. The molecule has 4 rings (SSSR count). The fourth-order valence-corrected chi connectivity index (χ4v) is 4.54. The van der Waals surface area contributed by atoms with Crippen LogP contribution in [0.3, 0.4) is 0 Å². The lowest BCUT2D eigenvalue weighted by atomic mass is 10.1. The van der Waals surface area contributed by atoms with Gasteiger partial charge in [-0.1, -0.05) is 54.2 Å². The van der Waals surface area contributed by atoms with Crippen LogP contribution in [0.1, 0.15) is 18.5 Å². The maximum atomic E-state index is 13.4. The van der Waals surface area contributed by atoms with Crippen LogP contribution in [0.4, 0.5) is 11.4 Å². The molecule has 35 heavy (non-hydrogen) atoms. The van der Waals surface area contributed by atoms with E-state index >= 15 is 0 Å². The van der Waals surface area contributed by atoms with Gasteiger partial charge in [0, 0.05) is 6.07 Å². The van der Waals surface area contributed by atoms with Gasteiger partial charge in [-0.15, -0.1) is 0 Å². The molecule has 1 heterocycles. The van der Waals surface area contributed by atoms with Crippen molar-refractivity contribution in [3.63, 3.8) is 0 Å². The number of nitrogens with zero attached hydrogens (tertiary/aromatic N) is 3. The maximum absolute atomic E-state index is 13.4. The Labute approximate surface area is 204 Å². The van der Waals surface area contributed by atoms with E-state index in [0.717, 1.165) is 17.3 Å². The molecule has 3 aromatic carbocycles. The number of fused-ring (bicyclic) bond motifs is 1. The van der Waals surface area contributed by atoms with Crippen molar-refractivity contribution in [2.24, 2.45) is 0 Å². The Morgan fingerprint density at radius 3 is 2.57 bits per heavy atom. The number of aromatic nitrogens is 2. The highest BCUT2D eigenvalue weighted by Crippen LogP contribution is 2.30. The molecule has 0 saturated carbocycles. The number of nitro benzene ring substituents is 1. The fraction of sp³-hybridized carbons (Fsp3) is 0.160. The summed E-state index contributed by atoms with van der Waals surface area (Å²) in [7, 11) is 1.37. The van der Waals surface area contributed by atoms with Gasteiger partial charge in [0.15, 0.2) is 5.16 Å². The number of para-hydroxylation sites is 1. The van der Waals surface area contributed by atoms with Gasteiger partial charge in [-0.05, 0) is 30.7 Å². The Balaban J connectivity index is 1.62. The molecule has 1 atom stereocenters. The van der Waals surface area contributed by atoms with E-state index < -0.39 is 4.92 Å². The number of methoxy groups -OCH3 is 1. The van der Waals surface area contributed by atoms with Gasteiger partial charge in [0.05, 0.1) is 46.5 Å². The fourth-order valence-electron chi connectivity index (χ4n) is 3.66. The molecule has 0 fully saturated rings. The Morgan fingerprint density at radius 2 is 1.86 bits per heavy atom. The average molecular weight is 491 g/mol. The molecule has 1 amide bonds. The number of hydrogen-bond acceptors (Lipinski definition) is 7. The summed E-state index contributed by atoms with van der Waals surface area (Å²) in [6.07, 6.45) is 0. The third-order valence-electron chi connectivity index (χ3n) is 5.45. The molecule has 178 valence electrons. The first-order valence-corrected chi connectivity index (χ1v) is 11.7. The molecular formula is C25H22N4O5S. The van der Waals surface area contributed by atoms with E-state index in [1.54, 1.807) is 22.8 Å². The van der Waals surface area contributed by atoms with E-state index in [0.29, 0.717) is 21.7 Å². The van der Waals surface area contributed by atoms with Crippen LogP contribution in [-0.2, 0) is 4.79 Å².